The summed E-state index contributed by atoms with van der Waals surface area (Å²) in [6.45, 7) is 7.23. The minimum Gasteiger partial charge on any atom is -0.494 e. The van der Waals surface area contributed by atoms with E-state index in [0.29, 0.717) is 38.6 Å². The largest absolute Gasteiger partial charge is 0.494 e. The van der Waals surface area contributed by atoms with Gasteiger partial charge in [0.1, 0.15) is 5.75 Å². The molecule has 0 aliphatic heterocycles. The number of nitrogens with zero attached hydrogens (tertiary/aromatic N) is 1. The van der Waals surface area contributed by atoms with Crippen LogP contribution in [0.3, 0.4) is 0 Å². The summed E-state index contributed by atoms with van der Waals surface area (Å²) in [6, 6.07) is 7.96. The molecule has 1 amide bonds. The predicted molar refractivity (Wildman–Crippen MR) is 125 cm³/mol. The number of ether oxygens (including phenoxy) is 1. The van der Waals surface area contributed by atoms with Gasteiger partial charge in [0.25, 0.3) is 0 Å². The Labute approximate surface area is 186 Å². The second-order valence-electron chi connectivity index (χ2n) is 6.87. The van der Waals surface area contributed by atoms with Crippen LogP contribution in [0.1, 0.15) is 51.5 Å². The number of benzene rings is 1. The Morgan fingerprint density at radius 3 is 2.54 bits per heavy atom. The number of guanidine groups is 1. The molecule has 1 aliphatic rings. The Balaban J connectivity index is 0.00000392. The quantitative estimate of drug-likeness (QED) is 0.198. The van der Waals surface area contributed by atoms with Gasteiger partial charge < -0.3 is 20.7 Å². The summed E-state index contributed by atoms with van der Waals surface area (Å²) in [6.07, 6.45) is 5.61. The molecule has 1 aromatic rings. The van der Waals surface area contributed by atoms with Crippen LogP contribution in [0.2, 0.25) is 0 Å². The molecule has 6 nitrogen and oxygen atoms in total. The third-order valence-electron chi connectivity index (χ3n) is 4.71. The van der Waals surface area contributed by atoms with Crippen LogP contribution < -0.4 is 20.7 Å². The number of hydrogen-bond acceptors (Lipinski definition) is 3. The lowest BCUT2D eigenvalue weighted by Gasteiger charge is -2.13. The van der Waals surface area contributed by atoms with Gasteiger partial charge in [0, 0.05) is 31.6 Å². The molecule has 0 radical (unpaired) electrons. The first-order valence-electron chi connectivity index (χ1n) is 10.2. The van der Waals surface area contributed by atoms with Gasteiger partial charge in [-0.25, -0.2) is 4.99 Å². The summed E-state index contributed by atoms with van der Waals surface area (Å²) in [4.78, 5) is 16.6. The molecule has 28 heavy (non-hydrogen) atoms. The highest BCUT2D eigenvalue weighted by molar-refractivity contribution is 14.0. The van der Waals surface area contributed by atoms with E-state index < -0.39 is 0 Å². The van der Waals surface area contributed by atoms with E-state index in [0.717, 1.165) is 23.8 Å². The van der Waals surface area contributed by atoms with Gasteiger partial charge in [-0.3, -0.25) is 4.79 Å². The monoisotopic (exact) mass is 502 g/mol. The number of nitrogens with one attached hydrogen (secondary N) is 3. The summed E-state index contributed by atoms with van der Waals surface area (Å²) >= 11 is 0. The van der Waals surface area contributed by atoms with Gasteiger partial charge in [0.15, 0.2) is 5.96 Å². The van der Waals surface area contributed by atoms with Crippen molar-refractivity contribution in [2.24, 2.45) is 10.9 Å². The van der Waals surface area contributed by atoms with Crippen molar-refractivity contribution in [3.8, 4) is 5.75 Å². The third-order valence-corrected chi connectivity index (χ3v) is 4.71. The third kappa shape index (κ3) is 9.12. The van der Waals surface area contributed by atoms with Crippen molar-refractivity contribution in [1.82, 2.24) is 16.0 Å². The van der Waals surface area contributed by atoms with Gasteiger partial charge in [0.05, 0.1) is 13.2 Å². The first-order chi connectivity index (χ1) is 13.2. The van der Waals surface area contributed by atoms with Crippen LogP contribution in [0.4, 0.5) is 0 Å². The first-order valence-corrected chi connectivity index (χ1v) is 10.2. The molecule has 158 valence electrons. The lowest BCUT2D eigenvalue weighted by Crippen LogP contribution is -2.41. The second kappa shape index (κ2) is 14.5. The summed E-state index contributed by atoms with van der Waals surface area (Å²) < 4.78 is 5.65. The van der Waals surface area contributed by atoms with Crippen molar-refractivity contribution in [3.63, 3.8) is 0 Å². The lowest BCUT2D eigenvalue weighted by molar-refractivity contribution is -0.121. The summed E-state index contributed by atoms with van der Waals surface area (Å²) in [7, 11) is 0. The number of carbonyl (C=O) groups excluding carboxylic acids is 1. The zero-order chi connectivity index (χ0) is 19.3. The average molecular weight is 502 g/mol. The van der Waals surface area contributed by atoms with E-state index in [4.69, 9.17) is 4.74 Å². The average Bonchev–Trinajstić information content (AvgIpc) is 3.17. The van der Waals surface area contributed by atoms with Crippen LogP contribution in [0.5, 0.6) is 5.75 Å². The highest BCUT2D eigenvalue weighted by Crippen LogP contribution is 2.27. The number of hydrogen-bond donors (Lipinski definition) is 3. The number of aliphatic imine (C=N–C) groups is 1. The maximum absolute atomic E-state index is 12.0. The molecule has 0 saturated heterocycles. The molecule has 0 heterocycles. The first kappa shape index (κ1) is 24.5. The van der Waals surface area contributed by atoms with Crippen molar-refractivity contribution in [2.75, 3.05) is 26.2 Å². The smallest absolute Gasteiger partial charge is 0.220 e. The molecular weight excluding hydrogens is 467 g/mol. The lowest BCUT2D eigenvalue weighted by atomic mass is 10.0. The molecule has 3 N–H and O–H groups in total. The van der Waals surface area contributed by atoms with E-state index in [1.807, 2.05) is 38.1 Å². The molecule has 0 spiro atoms. The van der Waals surface area contributed by atoms with Crippen molar-refractivity contribution in [3.05, 3.63) is 29.8 Å². The number of carbonyl (C=O) groups is 1. The van der Waals surface area contributed by atoms with Crippen molar-refractivity contribution < 1.29 is 9.53 Å². The SMILES string of the molecule is CCNC(=NCc1ccccc1OCC)NCCNC(=O)CC1CCCC1.I. The summed E-state index contributed by atoms with van der Waals surface area (Å²) in [5.74, 6) is 2.37. The molecule has 0 aromatic heterocycles. The molecule has 1 aliphatic carbocycles. The molecule has 0 atom stereocenters. The number of amides is 1. The molecule has 0 unspecified atom stereocenters. The predicted octanol–water partition coefficient (Wildman–Crippen LogP) is 3.45. The van der Waals surface area contributed by atoms with Crippen LogP contribution in [0, 0.1) is 5.92 Å². The Morgan fingerprint density at radius 2 is 1.82 bits per heavy atom. The molecular formula is C21H35IN4O2. The van der Waals surface area contributed by atoms with Crippen molar-refractivity contribution in [1.29, 1.82) is 0 Å². The number of para-hydroxylation sites is 1. The van der Waals surface area contributed by atoms with E-state index in [1.165, 1.54) is 25.7 Å². The Morgan fingerprint density at radius 1 is 1.11 bits per heavy atom. The fourth-order valence-corrected chi connectivity index (χ4v) is 3.37. The topological polar surface area (TPSA) is 74.8 Å². The number of rotatable bonds is 10. The van der Waals surface area contributed by atoms with E-state index in [1.54, 1.807) is 0 Å². The highest BCUT2D eigenvalue weighted by atomic mass is 127. The summed E-state index contributed by atoms with van der Waals surface area (Å²) in [5, 5.41) is 9.51. The fraction of sp³-hybridized carbons (Fsp3) is 0.619. The van der Waals surface area contributed by atoms with Gasteiger partial charge in [-0.2, -0.15) is 0 Å². The van der Waals surface area contributed by atoms with E-state index >= 15 is 0 Å². The van der Waals surface area contributed by atoms with Crippen LogP contribution in [-0.4, -0.2) is 38.1 Å². The standard InChI is InChI=1S/C21H34N4O2.HI/c1-3-22-21(25-16-18-11-7-8-12-19(18)27-4-2)24-14-13-23-20(26)15-17-9-5-6-10-17;/h7-8,11-12,17H,3-6,9-10,13-16H2,1-2H3,(H,23,26)(H2,22,24,25);1H. The molecule has 2 rings (SSSR count). The van der Waals surface area contributed by atoms with Gasteiger partial charge in [-0.15, -0.1) is 24.0 Å². The highest BCUT2D eigenvalue weighted by Gasteiger charge is 2.17. The van der Waals surface area contributed by atoms with Gasteiger partial charge >= 0.3 is 0 Å². The Kier molecular flexibility index (Phi) is 12.7. The normalized spacial score (nSPS) is 14.3. The maximum atomic E-state index is 12.0. The molecule has 1 fully saturated rings. The van der Waals surface area contributed by atoms with Crippen LogP contribution in [0.15, 0.2) is 29.3 Å². The van der Waals surface area contributed by atoms with Gasteiger partial charge in [-0.1, -0.05) is 31.0 Å². The van der Waals surface area contributed by atoms with E-state index in [9.17, 15) is 4.79 Å². The zero-order valence-corrected chi connectivity index (χ0v) is 19.5. The van der Waals surface area contributed by atoms with Gasteiger partial charge in [-0.05, 0) is 38.7 Å². The van der Waals surface area contributed by atoms with Crippen molar-refractivity contribution in [2.45, 2.75) is 52.5 Å². The molecule has 1 aromatic carbocycles. The fourth-order valence-electron chi connectivity index (χ4n) is 3.37. The Hall–Kier alpha value is -1.51. The minimum atomic E-state index is 0. The maximum Gasteiger partial charge on any atom is 0.220 e. The molecule has 1 saturated carbocycles. The summed E-state index contributed by atoms with van der Waals surface area (Å²) in [5.41, 5.74) is 1.06. The molecule has 0 bridgehead atoms. The van der Waals surface area contributed by atoms with Crippen LogP contribution in [0.25, 0.3) is 0 Å². The minimum absolute atomic E-state index is 0. The van der Waals surface area contributed by atoms with E-state index in [2.05, 4.69) is 20.9 Å². The second-order valence-corrected chi connectivity index (χ2v) is 6.87. The Bertz CT molecular complexity index is 604. The van der Waals surface area contributed by atoms with Gasteiger partial charge in [0.2, 0.25) is 5.91 Å². The molecule has 7 heteroatoms. The zero-order valence-electron chi connectivity index (χ0n) is 17.1. The van der Waals surface area contributed by atoms with Crippen LogP contribution in [-0.2, 0) is 11.3 Å². The van der Waals surface area contributed by atoms with Crippen molar-refractivity contribution >= 4 is 35.8 Å². The van der Waals surface area contributed by atoms with Crippen LogP contribution >= 0.6 is 24.0 Å². The number of halogens is 1. The van der Waals surface area contributed by atoms with E-state index in [-0.39, 0.29) is 29.9 Å².